The first-order chi connectivity index (χ1) is 8.65. The SMILES string of the molecule is CCc1cc(NCCN)n2nc(C(C)C)cc2n1. The summed E-state index contributed by atoms with van der Waals surface area (Å²) < 4.78 is 1.87. The molecule has 0 bridgehead atoms. The largest absolute Gasteiger partial charge is 0.369 e. The number of hydrogen-bond acceptors (Lipinski definition) is 4. The number of hydrogen-bond donors (Lipinski definition) is 2. The van der Waals surface area contributed by atoms with Crippen molar-refractivity contribution in [3.8, 4) is 0 Å². The smallest absolute Gasteiger partial charge is 0.157 e. The van der Waals surface area contributed by atoms with E-state index in [1.807, 2.05) is 10.6 Å². The molecule has 0 atom stereocenters. The van der Waals surface area contributed by atoms with Crippen LogP contribution in [0.25, 0.3) is 5.65 Å². The Morgan fingerprint density at radius 2 is 2.17 bits per heavy atom. The van der Waals surface area contributed by atoms with Crippen molar-refractivity contribution in [3.05, 3.63) is 23.5 Å². The Hall–Kier alpha value is -1.62. The Morgan fingerprint density at radius 3 is 2.78 bits per heavy atom. The van der Waals surface area contributed by atoms with E-state index >= 15 is 0 Å². The molecular weight excluding hydrogens is 226 g/mol. The zero-order valence-electron chi connectivity index (χ0n) is 11.3. The van der Waals surface area contributed by atoms with Crippen molar-refractivity contribution in [2.24, 2.45) is 5.73 Å². The number of aromatic nitrogens is 3. The quantitative estimate of drug-likeness (QED) is 0.845. The Bertz CT molecular complexity index is 529. The first-order valence-electron chi connectivity index (χ1n) is 6.49. The summed E-state index contributed by atoms with van der Waals surface area (Å²) in [6, 6.07) is 4.09. The maximum atomic E-state index is 5.54. The molecule has 0 spiro atoms. The van der Waals surface area contributed by atoms with Crippen LogP contribution in [-0.2, 0) is 6.42 Å². The van der Waals surface area contributed by atoms with E-state index in [1.54, 1.807) is 0 Å². The fourth-order valence-electron chi connectivity index (χ4n) is 1.83. The highest BCUT2D eigenvalue weighted by atomic mass is 15.3. The van der Waals surface area contributed by atoms with Crippen molar-refractivity contribution in [3.63, 3.8) is 0 Å². The molecule has 5 heteroatoms. The van der Waals surface area contributed by atoms with E-state index in [-0.39, 0.29) is 0 Å². The molecule has 5 nitrogen and oxygen atoms in total. The lowest BCUT2D eigenvalue weighted by Crippen LogP contribution is -2.16. The maximum Gasteiger partial charge on any atom is 0.157 e. The van der Waals surface area contributed by atoms with Crippen molar-refractivity contribution in [1.82, 2.24) is 14.6 Å². The first-order valence-corrected chi connectivity index (χ1v) is 6.49. The molecule has 0 aliphatic heterocycles. The van der Waals surface area contributed by atoms with Crippen LogP contribution in [0.1, 0.15) is 38.1 Å². The molecule has 3 N–H and O–H groups in total. The lowest BCUT2D eigenvalue weighted by molar-refractivity contribution is 0.784. The van der Waals surface area contributed by atoms with Gasteiger partial charge in [-0.25, -0.2) is 4.98 Å². The highest BCUT2D eigenvalue weighted by Crippen LogP contribution is 2.18. The van der Waals surface area contributed by atoms with Crippen LogP contribution >= 0.6 is 0 Å². The number of fused-ring (bicyclic) bond motifs is 1. The first kappa shape index (κ1) is 12.8. The van der Waals surface area contributed by atoms with Gasteiger partial charge in [0.15, 0.2) is 5.65 Å². The second kappa shape index (κ2) is 5.35. The molecule has 2 aromatic rings. The predicted octanol–water partition coefficient (Wildman–Crippen LogP) is 1.79. The molecule has 0 aromatic carbocycles. The van der Waals surface area contributed by atoms with Gasteiger partial charge < -0.3 is 11.1 Å². The number of nitrogens with two attached hydrogens (primary N) is 1. The lowest BCUT2D eigenvalue weighted by atomic mass is 10.1. The van der Waals surface area contributed by atoms with Crippen LogP contribution in [0, 0.1) is 0 Å². The Labute approximate surface area is 107 Å². The standard InChI is InChI=1S/C13H21N5/c1-4-10-7-12(15-6-5-14)18-13(16-10)8-11(17-18)9(2)3/h7-9,15H,4-6,14H2,1-3H3. The van der Waals surface area contributed by atoms with Crippen LogP contribution in [0.4, 0.5) is 5.82 Å². The number of aryl methyl sites for hydroxylation is 1. The fourth-order valence-corrected chi connectivity index (χ4v) is 1.83. The molecule has 0 saturated heterocycles. The fraction of sp³-hybridized carbons (Fsp3) is 0.538. The van der Waals surface area contributed by atoms with E-state index in [4.69, 9.17) is 5.73 Å². The highest BCUT2D eigenvalue weighted by Gasteiger charge is 2.10. The summed E-state index contributed by atoms with van der Waals surface area (Å²) in [4.78, 5) is 4.59. The summed E-state index contributed by atoms with van der Waals surface area (Å²) in [5.41, 5.74) is 8.57. The van der Waals surface area contributed by atoms with Crippen LogP contribution in [0.15, 0.2) is 12.1 Å². The molecule has 0 aliphatic rings. The third kappa shape index (κ3) is 2.46. The summed E-state index contributed by atoms with van der Waals surface area (Å²) in [5, 5.41) is 7.89. The van der Waals surface area contributed by atoms with Crippen LogP contribution in [-0.4, -0.2) is 27.7 Å². The molecule has 0 amide bonds. The van der Waals surface area contributed by atoms with E-state index < -0.39 is 0 Å². The highest BCUT2D eigenvalue weighted by molar-refractivity contribution is 5.51. The van der Waals surface area contributed by atoms with Gasteiger partial charge in [-0.3, -0.25) is 0 Å². The summed E-state index contributed by atoms with van der Waals surface area (Å²) >= 11 is 0. The van der Waals surface area contributed by atoms with Crippen LogP contribution in [0.2, 0.25) is 0 Å². The zero-order chi connectivity index (χ0) is 13.1. The van der Waals surface area contributed by atoms with Gasteiger partial charge in [-0.1, -0.05) is 20.8 Å². The van der Waals surface area contributed by atoms with Crippen molar-refractivity contribution < 1.29 is 0 Å². The van der Waals surface area contributed by atoms with Gasteiger partial charge in [0.2, 0.25) is 0 Å². The topological polar surface area (TPSA) is 68.2 Å². The van der Waals surface area contributed by atoms with Gasteiger partial charge >= 0.3 is 0 Å². The van der Waals surface area contributed by atoms with Crippen LogP contribution in [0.5, 0.6) is 0 Å². The van der Waals surface area contributed by atoms with E-state index in [9.17, 15) is 0 Å². The number of anilines is 1. The van der Waals surface area contributed by atoms with Gasteiger partial charge in [0.1, 0.15) is 5.82 Å². The van der Waals surface area contributed by atoms with E-state index in [0.29, 0.717) is 12.5 Å². The monoisotopic (exact) mass is 247 g/mol. The molecule has 0 fully saturated rings. The minimum atomic E-state index is 0.402. The van der Waals surface area contributed by atoms with Gasteiger partial charge in [-0.05, 0) is 12.3 Å². The summed E-state index contributed by atoms with van der Waals surface area (Å²) in [6.07, 6.45) is 0.913. The van der Waals surface area contributed by atoms with Gasteiger partial charge in [0, 0.05) is 30.9 Å². The molecule has 2 aromatic heterocycles. The zero-order valence-corrected chi connectivity index (χ0v) is 11.3. The van der Waals surface area contributed by atoms with Crippen LogP contribution < -0.4 is 11.1 Å². The maximum absolute atomic E-state index is 5.54. The number of nitrogens with zero attached hydrogens (tertiary/aromatic N) is 3. The minimum Gasteiger partial charge on any atom is -0.369 e. The van der Waals surface area contributed by atoms with Crippen molar-refractivity contribution >= 4 is 11.5 Å². The molecule has 0 saturated carbocycles. The van der Waals surface area contributed by atoms with Gasteiger partial charge in [0.05, 0.1) is 5.69 Å². The molecule has 2 heterocycles. The Morgan fingerprint density at radius 1 is 1.39 bits per heavy atom. The third-order valence-corrected chi connectivity index (χ3v) is 2.90. The average molecular weight is 247 g/mol. The van der Waals surface area contributed by atoms with Crippen LogP contribution in [0.3, 0.4) is 0 Å². The predicted molar refractivity (Wildman–Crippen MR) is 74.0 cm³/mol. The second-order valence-corrected chi connectivity index (χ2v) is 4.70. The lowest BCUT2D eigenvalue weighted by Gasteiger charge is -2.08. The molecule has 2 rings (SSSR count). The summed E-state index contributed by atoms with van der Waals surface area (Å²) in [5.74, 6) is 1.37. The van der Waals surface area contributed by atoms with E-state index in [0.717, 1.165) is 35.8 Å². The minimum absolute atomic E-state index is 0.402. The molecular formula is C13H21N5. The molecule has 98 valence electrons. The number of nitrogens with one attached hydrogen (secondary N) is 1. The second-order valence-electron chi connectivity index (χ2n) is 4.70. The van der Waals surface area contributed by atoms with Gasteiger partial charge in [-0.2, -0.15) is 9.61 Å². The van der Waals surface area contributed by atoms with Crippen molar-refractivity contribution in [2.45, 2.75) is 33.1 Å². The normalized spacial score (nSPS) is 11.4. The van der Waals surface area contributed by atoms with E-state index in [2.05, 4.69) is 42.2 Å². The molecule has 18 heavy (non-hydrogen) atoms. The molecule has 0 aliphatic carbocycles. The van der Waals surface area contributed by atoms with Gasteiger partial charge in [-0.15, -0.1) is 0 Å². The molecule has 0 radical (unpaired) electrons. The Kier molecular flexibility index (Phi) is 3.81. The molecule has 0 unspecified atom stereocenters. The van der Waals surface area contributed by atoms with E-state index in [1.165, 1.54) is 0 Å². The van der Waals surface area contributed by atoms with Gasteiger partial charge in [0.25, 0.3) is 0 Å². The third-order valence-electron chi connectivity index (χ3n) is 2.90. The van der Waals surface area contributed by atoms with Crippen molar-refractivity contribution in [2.75, 3.05) is 18.4 Å². The average Bonchev–Trinajstić information content (AvgIpc) is 2.79. The number of rotatable bonds is 5. The summed E-state index contributed by atoms with van der Waals surface area (Å²) in [6.45, 7) is 7.71. The Balaban J connectivity index is 2.50. The van der Waals surface area contributed by atoms with Crippen molar-refractivity contribution in [1.29, 1.82) is 0 Å². The summed E-state index contributed by atoms with van der Waals surface area (Å²) in [7, 11) is 0.